The van der Waals surface area contributed by atoms with Gasteiger partial charge in [-0.3, -0.25) is 0 Å². The quantitative estimate of drug-likeness (QED) is 0.163. The van der Waals surface area contributed by atoms with Crippen molar-refractivity contribution >= 4 is 44.6 Å². The first-order valence-electron chi connectivity index (χ1n) is 14.2. The second-order valence-electron chi connectivity index (χ2n) is 10.4. The van der Waals surface area contributed by atoms with E-state index >= 15 is 0 Å². The molecule has 0 aliphatic carbocycles. The molecular formula is C33H33AsN6O3. The summed E-state index contributed by atoms with van der Waals surface area (Å²) in [4.78, 5) is 19.5. The number of methoxy groups -OCH3 is 2. The summed E-state index contributed by atoms with van der Waals surface area (Å²) in [6.07, 6.45) is 6.10. The Morgan fingerprint density at radius 2 is 1.58 bits per heavy atom. The monoisotopic (exact) mass is 636 g/mol. The van der Waals surface area contributed by atoms with Gasteiger partial charge in [-0.1, -0.05) is 12.1 Å². The minimum absolute atomic E-state index is 0.0678. The number of nitrogens with zero attached hydrogens (tertiary/aromatic N) is 3. The number of aromatic nitrogens is 5. The van der Waals surface area contributed by atoms with Crippen LogP contribution in [0.1, 0.15) is 34.4 Å². The van der Waals surface area contributed by atoms with Gasteiger partial charge in [0.25, 0.3) is 0 Å². The number of hydrogen-bond acceptors (Lipinski definition) is 5. The van der Waals surface area contributed by atoms with Gasteiger partial charge < -0.3 is 0 Å². The molecule has 0 saturated heterocycles. The number of nitrogens with one attached hydrogen (secondary N) is 3. The first-order valence-corrected chi connectivity index (χ1v) is 15.5. The fourth-order valence-electron chi connectivity index (χ4n) is 5.67. The maximum absolute atomic E-state index is 12.8. The average molecular weight is 637 g/mol. The van der Waals surface area contributed by atoms with Crippen molar-refractivity contribution < 1.29 is 14.3 Å². The molecule has 3 aromatic heterocycles. The summed E-state index contributed by atoms with van der Waals surface area (Å²) < 4.78 is 13.3. The molecular weight excluding hydrogens is 603 g/mol. The second-order valence-corrected chi connectivity index (χ2v) is 11.1. The van der Waals surface area contributed by atoms with Crippen LogP contribution in [0.15, 0.2) is 79.1 Å². The number of benzene rings is 3. The van der Waals surface area contributed by atoms with Gasteiger partial charge >= 0.3 is 234 Å². The number of hydrogen-bond donors (Lipinski definition) is 3. The van der Waals surface area contributed by atoms with Crippen LogP contribution >= 0.6 is 0 Å². The summed E-state index contributed by atoms with van der Waals surface area (Å²) >= 11 is 2.35. The zero-order valence-corrected chi connectivity index (χ0v) is 26.0. The first kappa shape index (κ1) is 28.6. The number of carbonyl (C=O) groups excluding carboxylic acids is 1. The molecule has 0 aliphatic rings. The van der Waals surface area contributed by atoms with E-state index in [0.29, 0.717) is 36.2 Å². The predicted molar refractivity (Wildman–Crippen MR) is 168 cm³/mol. The maximum atomic E-state index is 12.8. The molecule has 43 heavy (non-hydrogen) atoms. The average Bonchev–Trinajstić information content (AvgIpc) is 3.77. The van der Waals surface area contributed by atoms with Crippen molar-refractivity contribution in [3.63, 3.8) is 0 Å². The van der Waals surface area contributed by atoms with Gasteiger partial charge in [0.1, 0.15) is 0 Å². The van der Waals surface area contributed by atoms with Crippen molar-refractivity contribution in [2.45, 2.75) is 37.1 Å². The molecule has 3 N–H and O–H groups in total. The van der Waals surface area contributed by atoms with Gasteiger partial charge in [0.05, 0.1) is 7.11 Å². The predicted octanol–water partition coefficient (Wildman–Crippen LogP) is 5.08. The van der Waals surface area contributed by atoms with E-state index in [-0.39, 0.29) is 5.91 Å². The van der Waals surface area contributed by atoms with Crippen molar-refractivity contribution in [3.8, 4) is 11.5 Å². The third kappa shape index (κ3) is 6.04. The second kappa shape index (κ2) is 12.8. The molecule has 9 nitrogen and oxygen atoms in total. The van der Waals surface area contributed by atoms with E-state index in [1.165, 1.54) is 10.9 Å². The molecule has 218 valence electrons. The van der Waals surface area contributed by atoms with E-state index in [1.807, 2.05) is 42.6 Å². The third-order valence-corrected chi connectivity index (χ3v) is 8.46. The van der Waals surface area contributed by atoms with Crippen LogP contribution in [0.5, 0.6) is 11.5 Å². The molecule has 0 saturated carbocycles. The number of H-pyrrole nitrogens is 2. The van der Waals surface area contributed by atoms with Gasteiger partial charge in [0.15, 0.2) is 0 Å². The van der Waals surface area contributed by atoms with Gasteiger partial charge in [0.2, 0.25) is 0 Å². The molecule has 0 aliphatic heterocycles. The van der Waals surface area contributed by atoms with Crippen LogP contribution in [0.2, 0.25) is 5.21 Å². The van der Waals surface area contributed by atoms with E-state index in [9.17, 15) is 4.79 Å². The molecule has 2 radical (unpaired) electrons. The van der Waals surface area contributed by atoms with Crippen LogP contribution in [0.3, 0.4) is 0 Å². The number of para-hydroxylation sites is 2. The first-order chi connectivity index (χ1) is 21.1. The zero-order valence-electron chi connectivity index (χ0n) is 24.1. The van der Waals surface area contributed by atoms with Crippen LogP contribution in [0.25, 0.3) is 21.8 Å². The van der Waals surface area contributed by atoms with Crippen molar-refractivity contribution in [3.05, 3.63) is 107 Å². The van der Waals surface area contributed by atoms with Gasteiger partial charge in [0, 0.05) is 0 Å². The molecule has 3 aromatic carbocycles. The fraction of sp³-hybridized carbons (Fsp3) is 0.242. The number of fused-ring (bicyclic) bond motifs is 2. The van der Waals surface area contributed by atoms with E-state index in [0.717, 1.165) is 45.5 Å². The van der Waals surface area contributed by atoms with Gasteiger partial charge in [-0.15, -0.1) is 0 Å². The normalized spacial score (nSPS) is 12.1. The molecule has 1 atom stereocenters. The Morgan fingerprint density at radius 1 is 0.884 bits per heavy atom. The molecule has 1 amide bonds. The summed E-state index contributed by atoms with van der Waals surface area (Å²) in [7, 11) is 3.29. The van der Waals surface area contributed by atoms with Gasteiger partial charge in [-0.2, -0.15) is 0 Å². The third-order valence-electron chi connectivity index (χ3n) is 7.86. The SMILES string of the molecule is COc1ccc(Cn2c(CCc3c[nH]c4ccccc34)nnc2[C@@H](Cc2c[nH]c3ccccc23)NC(=O)C[As])c(OC)c1. The molecule has 6 rings (SSSR count). The Morgan fingerprint density at radius 3 is 2.28 bits per heavy atom. The fourth-order valence-corrected chi connectivity index (χ4v) is 5.86. The molecule has 0 fully saturated rings. The summed E-state index contributed by atoms with van der Waals surface area (Å²) in [5.41, 5.74) is 5.45. The topological polar surface area (TPSA) is 110 Å². The molecule has 10 heteroatoms. The van der Waals surface area contributed by atoms with Crippen LogP contribution in [0.4, 0.5) is 0 Å². The number of amides is 1. The molecule has 6 aromatic rings. The van der Waals surface area contributed by atoms with Crippen molar-refractivity contribution in [2.75, 3.05) is 14.2 Å². The van der Waals surface area contributed by atoms with Crippen LogP contribution in [-0.4, -0.2) is 61.7 Å². The standard InChI is InChI=1S/C33H33AsN6O3/c1-42-24-13-11-22(30(16-24)43-2)20-40-31(14-12-21-18-35-27-9-5-3-7-25(21)27)38-39-33(40)29(37-32(41)17-34)15-23-19-36-28-10-6-4-8-26(23)28/h3-11,13,16,18-19,29,35-36H,12,14-15,17,20H2,1-2H3,(H,37,41)/t29-/m1/s1. The van der Waals surface area contributed by atoms with Crippen LogP contribution in [0, 0.1) is 0 Å². The minimum atomic E-state index is -0.394. The number of carbonyl (C=O) groups is 1. The van der Waals surface area contributed by atoms with Crippen molar-refractivity contribution in [2.24, 2.45) is 0 Å². The summed E-state index contributed by atoms with van der Waals surface area (Å²) in [6.45, 7) is 0.473. The Bertz CT molecular complexity index is 1870. The number of ether oxygens (including phenoxy) is 2. The van der Waals surface area contributed by atoms with E-state index < -0.39 is 6.04 Å². The zero-order chi connectivity index (χ0) is 29.8. The van der Waals surface area contributed by atoms with Crippen LogP contribution in [-0.2, 0) is 30.6 Å². The number of aryl methyl sites for hydroxylation is 2. The summed E-state index contributed by atoms with van der Waals surface area (Å²) in [6, 6.07) is 21.9. The Hall–Kier alpha value is -4.49. The van der Waals surface area contributed by atoms with Crippen LogP contribution < -0.4 is 14.8 Å². The summed E-state index contributed by atoms with van der Waals surface area (Å²) in [5, 5.41) is 15.3. The van der Waals surface area contributed by atoms with Gasteiger partial charge in [-0.25, -0.2) is 0 Å². The number of rotatable bonds is 12. The van der Waals surface area contributed by atoms with Gasteiger partial charge in [-0.05, 0) is 6.07 Å². The van der Waals surface area contributed by atoms with Crippen molar-refractivity contribution in [1.82, 2.24) is 30.0 Å². The molecule has 0 unspecified atom stereocenters. The molecule has 3 heterocycles. The molecule has 0 bridgehead atoms. The molecule has 0 spiro atoms. The Balaban J connectivity index is 1.39. The Kier molecular flexibility index (Phi) is 8.52. The van der Waals surface area contributed by atoms with Crippen molar-refractivity contribution in [1.29, 1.82) is 0 Å². The summed E-state index contributed by atoms with van der Waals surface area (Å²) in [5.74, 6) is 2.90. The van der Waals surface area contributed by atoms with E-state index in [2.05, 4.69) is 73.2 Å². The number of aromatic amines is 2. The Labute approximate surface area is 258 Å². The van der Waals surface area contributed by atoms with E-state index in [1.54, 1.807) is 14.2 Å². The van der Waals surface area contributed by atoms with E-state index in [4.69, 9.17) is 19.7 Å².